The lowest BCUT2D eigenvalue weighted by atomic mass is 9.87. The van der Waals surface area contributed by atoms with Crippen molar-refractivity contribution in [1.82, 2.24) is 9.21 Å². The predicted molar refractivity (Wildman–Crippen MR) is 117 cm³/mol. The molecule has 1 fully saturated rings. The second kappa shape index (κ2) is 7.55. The number of carbonyl (C=O) groups excluding carboxylic acids is 2. The van der Waals surface area contributed by atoms with Gasteiger partial charge in [0.1, 0.15) is 0 Å². The van der Waals surface area contributed by atoms with E-state index in [1.807, 2.05) is 19.2 Å². The Morgan fingerprint density at radius 3 is 2.32 bits per heavy atom. The van der Waals surface area contributed by atoms with Gasteiger partial charge in [-0.05, 0) is 66.8 Å². The van der Waals surface area contributed by atoms with Crippen LogP contribution in [0.2, 0.25) is 0 Å². The summed E-state index contributed by atoms with van der Waals surface area (Å²) in [4.78, 5) is 26.9. The van der Waals surface area contributed by atoms with Crippen LogP contribution in [-0.4, -0.2) is 56.0 Å². The molecule has 8 heteroatoms. The lowest BCUT2D eigenvalue weighted by Crippen LogP contribution is -2.35. The van der Waals surface area contributed by atoms with Gasteiger partial charge in [-0.3, -0.25) is 9.59 Å². The quantitative estimate of drug-likeness (QED) is 0.743. The van der Waals surface area contributed by atoms with Gasteiger partial charge in [-0.15, -0.1) is 0 Å². The lowest BCUT2D eigenvalue weighted by Gasteiger charge is -2.29. The molecule has 31 heavy (non-hydrogen) atoms. The van der Waals surface area contributed by atoms with Crippen LogP contribution in [0.1, 0.15) is 40.7 Å². The number of hydrogen-bond donors (Lipinski definition) is 1. The summed E-state index contributed by atoms with van der Waals surface area (Å²) in [7, 11) is -1.48. The number of ketones is 1. The molecule has 0 spiro atoms. The number of piperidine rings is 1. The molecular weight excluding hydrogens is 414 g/mol. The maximum atomic E-state index is 13.0. The highest BCUT2D eigenvalue weighted by molar-refractivity contribution is 7.89. The van der Waals surface area contributed by atoms with Crippen molar-refractivity contribution in [2.45, 2.75) is 37.1 Å². The van der Waals surface area contributed by atoms with Gasteiger partial charge in [-0.1, -0.05) is 18.6 Å². The molecule has 2 aromatic carbocycles. The van der Waals surface area contributed by atoms with E-state index < -0.39 is 21.7 Å². The minimum Gasteiger partial charge on any atom is -0.318 e. The zero-order valence-electron chi connectivity index (χ0n) is 17.5. The zero-order valence-corrected chi connectivity index (χ0v) is 18.3. The van der Waals surface area contributed by atoms with Gasteiger partial charge in [-0.2, -0.15) is 4.31 Å². The highest BCUT2D eigenvalue weighted by Gasteiger charge is 2.34. The number of benzene rings is 2. The fraction of sp³-hybridized carbons (Fsp3) is 0.391. The number of nitrogens with zero attached hydrogens (tertiary/aromatic N) is 2. The predicted octanol–water partition coefficient (Wildman–Crippen LogP) is 2.65. The van der Waals surface area contributed by atoms with Crippen molar-refractivity contribution in [3.63, 3.8) is 0 Å². The maximum absolute atomic E-state index is 13.0. The Labute approximate surface area is 182 Å². The highest BCUT2D eigenvalue weighted by Crippen LogP contribution is 2.40. The van der Waals surface area contributed by atoms with Gasteiger partial charge in [0.2, 0.25) is 10.0 Å². The van der Waals surface area contributed by atoms with Crippen molar-refractivity contribution < 1.29 is 18.0 Å². The molecule has 0 radical (unpaired) electrons. The molecule has 162 valence electrons. The van der Waals surface area contributed by atoms with Crippen molar-refractivity contribution in [2.24, 2.45) is 0 Å². The Balaban J connectivity index is 1.56. The molecule has 0 atom stereocenters. The lowest BCUT2D eigenvalue weighted by molar-refractivity contribution is -0.112. The number of Topliss-reactive ketones (excluding diaryl/α,β-unsaturated/α-hetero) is 1. The summed E-state index contributed by atoms with van der Waals surface area (Å²) < 4.78 is 27.5. The molecule has 5 rings (SSSR count). The van der Waals surface area contributed by atoms with E-state index in [1.54, 1.807) is 22.5 Å². The molecule has 3 aliphatic heterocycles. The third-order valence-corrected chi connectivity index (χ3v) is 8.44. The summed E-state index contributed by atoms with van der Waals surface area (Å²) in [6.45, 7) is 2.67. The number of amides is 1. The van der Waals surface area contributed by atoms with Crippen molar-refractivity contribution in [2.75, 3.05) is 32.0 Å². The van der Waals surface area contributed by atoms with Gasteiger partial charge in [0.25, 0.3) is 11.7 Å². The van der Waals surface area contributed by atoms with E-state index in [1.165, 1.54) is 0 Å². The first-order chi connectivity index (χ1) is 14.9. The normalized spacial score (nSPS) is 19.8. The number of carbonyl (C=O) groups is 2. The standard InChI is InChI=1S/C23H25N3O4S/c1-25-12-9-17-18(13-19-21(20(17)14-25)24-23(28)22(19)27)15-5-7-16(8-6-15)31(29,30)26-10-3-2-4-11-26/h5-8,13H,2-4,9-12,14H2,1H3,(H,24,27,28). The third kappa shape index (κ3) is 3.39. The van der Waals surface area contributed by atoms with Gasteiger partial charge in [0.05, 0.1) is 16.1 Å². The average molecular weight is 440 g/mol. The summed E-state index contributed by atoms with van der Waals surface area (Å²) in [6, 6.07) is 8.71. The summed E-state index contributed by atoms with van der Waals surface area (Å²) >= 11 is 0. The van der Waals surface area contributed by atoms with Crippen LogP contribution in [-0.2, 0) is 27.8 Å². The Morgan fingerprint density at radius 2 is 1.61 bits per heavy atom. The number of hydrogen-bond acceptors (Lipinski definition) is 5. The molecule has 1 amide bonds. The largest absolute Gasteiger partial charge is 0.318 e. The van der Waals surface area contributed by atoms with Crippen molar-refractivity contribution in [3.05, 3.63) is 47.0 Å². The van der Waals surface area contributed by atoms with Crippen LogP contribution in [0.4, 0.5) is 5.69 Å². The first-order valence-corrected chi connectivity index (χ1v) is 12.1. The number of fused-ring (bicyclic) bond motifs is 3. The summed E-state index contributed by atoms with van der Waals surface area (Å²) in [5.41, 5.74) is 4.87. The minimum absolute atomic E-state index is 0.292. The van der Waals surface area contributed by atoms with E-state index in [2.05, 4.69) is 10.2 Å². The van der Waals surface area contributed by atoms with Gasteiger partial charge in [0.15, 0.2) is 0 Å². The van der Waals surface area contributed by atoms with E-state index in [-0.39, 0.29) is 0 Å². The smallest absolute Gasteiger partial charge is 0.296 e. The Kier molecular flexibility index (Phi) is 4.96. The van der Waals surface area contributed by atoms with Gasteiger partial charge in [-0.25, -0.2) is 8.42 Å². The molecule has 3 heterocycles. The van der Waals surface area contributed by atoms with Crippen LogP contribution in [0.5, 0.6) is 0 Å². The molecule has 0 saturated carbocycles. The topological polar surface area (TPSA) is 86.8 Å². The number of nitrogens with one attached hydrogen (secondary N) is 1. The minimum atomic E-state index is -3.49. The van der Waals surface area contributed by atoms with Gasteiger partial charge < -0.3 is 10.2 Å². The van der Waals surface area contributed by atoms with Crippen LogP contribution in [0, 0.1) is 0 Å². The molecule has 0 aromatic heterocycles. The van der Waals surface area contributed by atoms with Crippen LogP contribution >= 0.6 is 0 Å². The molecule has 1 saturated heterocycles. The Bertz CT molecular complexity index is 1180. The average Bonchev–Trinajstić information content (AvgIpc) is 3.08. The molecule has 2 aromatic rings. The fourth-order valence-electron chi connectivity index (χ4n) is 4.82. The van der Waals surface area contributed by atoms with Crippen LogP contribution in [0.15, 0.2) is 35.2 Å². The van der Waals surface area contributed by atoms with Crippen molar-refractivity contribution in [1.29, 1.82) is 0 Å². The van der Waals surface area contributed by atoms with E-state index >= 15 is 0 Å². The number of likely N-dealkylation sites (N-methyl/N-ethyl adjacent to an activating group) is 1. The Hall–Kier alpha value is -2.55. The summed E-state index contributed by atoms with van der Waals surface area (Å²) in [6.07, 6.45) is 3.66. The number of sulfonamides is 1. The second-order valence-electron chi connectivity index (χ2n) is 8.56. The van der Waals surface area contributed by atoms with E-state index in [4.69, 9.17) is 0 Å². The van der Waals surface area contributed by atoms with E-state index in [9.17, 15) is 18.0 Å². The van der Waals surface area contributed by atoms with Gasteiger partial charge >= 0.3 is 0 Å². The van der Waals surface area contributed by atoms with E-state index in [0.29, 0.717) is 35.8 Å². The second-order valence-corrected chi connectivity index (χ2v) is 10.5. The fourth-order valence-corrected chi connectivity index (χ4v) is 6.34. The summed E-state index contributed by atoms with van der Waals surface area (Å²) in [5, 5.41) is 2.74. The Morgan fingerprint density at radius 1 is 0.903 bits per heavy atom. The first-order valence-electron chi connectivity index (χ1n) is 10.7. The van der Waals surface area contributed by atoms with Crippen molar-refractivity contribution >= 4 is 27.4 Å². The summed E-state index contributed by atoms with van der Waals surface area (Å²) in [5.74, 6) is -1.11. The van der Waals surface area contributed by atoms with Crippen LogP contribution in [0.25, 0.3) is 11.1 Å². The number of anilines is 1. The number of rotatable bonds is 3. The zero-order chi connectivity index (χ0) is 21.8. The molecule has 0 aliphatic carbocycles. The molecule has 3 aliphatic rings. The highest BCUT2D eigenvalue weighted by atomic mass is 32.2. The molecule has 7 nitrogen and oxygen atoms in total. The maximum Gasteiger partial charge on any atom is 0.296 e. The molecular formula is C23H25N3O4S. The molecule has 0 bridgehead atoms. The molecule has 1 N–H and O–H groups in total. The third-order valence-electron chi connectivity index (χ3n) is 6.53. The molecule has 0 unspecified atom stereocenters. The van der Waals surface area contributed by atoms with E-state index in [0.717, 1.165) is 54.5 Å². The van der Waals surface area contributed by atoms with Gasteiger partial charge in [0, 0.05) is 26.2 Å². The van der Waals surface area contributed by atoms with Crippen molar-refractivity contribution in [3.8, 4) is 11.1 Å². The monoisotopic (exact) mass is 439 g/mol. The first kappa shape index (κ1) is 20.4. The SMILES string of the molecule is CN1CCc2c(-c3ccc(S(=O)(=O)N4CCCCC4)cc3)cc3c(c2C1)NC(=O)C3=O. The van der Waals surface area contributed by atoms with Crippen LogP contribution in [0.3, 0.4) is 0 Å². The van der Waals surface area contributed by atoms with Crippen LogP contribution < -0.4 is 5.32 Å².